The molecule has 0 radical (unpaired) electrons. The molecular weight excluding hydrogens is 424 g/mol. The third-order valence-corrected chi connectivity index (χ3v) is 5.30. The molecular formula is C25H32N2O4S. The lowest BCUT2D eigenvalue weighted by Gasteiger charge is -2.28. The van der Waals surface area contributed by atoms with Crippen LogP contribution in [0.5, 0.6) is 0 Å². The second kappa shape index (κ2) is 12.3. The number of thioether (sulfide) groups is 1. The van der Waals surface area contributed by atoms with Gasteiger partial charge in [-0.1, -0.05) is 72.4 Å². The molecule has 0 fully saturated rings. The normalized spacial score (nSPS) is 12.0. The highest BCUT2D eigenvalue weighted by molar-refractivity contribution is 8.13. The van der Waals surface area contributed by atoms with Gasteiger partial charge in [0, 0.05) is 25.8 Å². The molecule has 0 bridgehead atoms. The SMILES string of the molecule is CC(=O)SCCN(CCc1ccccc1)C(=O)N[C@H](C(=O)OC(C)(C)C)c1ccccc1. The number of nitrogens with one attached hydrogen (secondary N) is 1. The number of amides is 2. The fourth-order valence-electron chi connectivity index (χ4n) is 3.02. The summed E-state index contributed by atoms with van der Waals surface area (Å²) in [6.45, 7) is 7.73. The van der Waals surface area contributed by atoms with E-state index in [2.05, 4.69) is 5.32 Å². The van der Waals surface area contributed by atoms with Gasteiger partial charge in [-0.3, -0.25) is 4.79 Å². The number of esters is 1. The number of carbonyl (C=O) groups is 3. The van der Waals surface area contributed by atoms with E-state index in [9.17, 15) is 14.4 Å². The lowest BCUT2D eigenvalue weighted by atomic mass is 10.1. The Labute approximate surface area is 194 Å². The zero-order valence-corrected chi connectivity index (χ0v) is 20.0. The lowest BCUT2D eigenvalue weighted by Crippen LogP contribution is -2.46. The van der Waals surface area contributed by atoms with Gasteiger partial charge in [-0.2, -0.15) is 0 Å². The highest BCUT2D eigenvalue weighted by atomic mass is 32.2. The molecule has 0 aliphatic heterocycles. The van der Waals surface area contributed by atoms with Gasteiger partial charge >= 0.3 is 12.0 Å². The van der Waals surface area contributed by atoms with E-state index >= 15 is 0 Å². The number of nitrogens with zero attached hydrogens (tertiary/aromatic N) is 1. The second-order valence-electron chi connectivity index (χ2n) is 8.39. The summed E-state index contributed by atoms with van der Waals surface area (Å²) in [6.07, 6.45) is 0.668. The Balaban J connectivity index is 2.17. The number of urea groups is 1. The summed E-state index contributed by atoms with van der Waals surface area (Å²) < 4.78 is 5.56. The molecule has 2 rings (SSSR count). The molecule has 172 valence electrons. The maximum Gasteiger partial charge on any atom is 0.333 e. The minimum absolute atomic E-state index is 0.00401. The van der Waals surface area contributed by atoms with E-state index in [0.717, 1.165) is 5.56 Å². The predicted molar refractivity (Wildman–Crippen MR) is 128 cm³/mol. The van der Waals surface area contributed by atoms with Crippen LogP contribution in [0.4, 0.5) is 4.79 Å². The second-order valence-corrected chi connectivity index (χ2v) is 9.66. The number of carbonyl (C=O) groups excluding carboxylic acids is 3. The standard InChI is InChI=1S/C25H32N2O4S/c1-19(28)32-18-17-27(16-15-20-11-7-5-8-12-20)24(30)26-22(21-13-9-6-10-14-21)23(29)31-25(2,3)4/h5-14,22H,15-18H2,1-4H3,(H,26,30)/t22-/m0/s1. The highest BCUT2D eigenvalue weighted by Gasteiger charge is 2.29. The summed E-state index contributed by atoms with van der Waals surface area (Å²) in [6, 6.07) is 17.6. The molecule has 0 aliphatic carbocycles. The predicted octanol–water partition coefficient (Wildman–Crippen LogP) is 4.60. The average molecular weight is 457 g/mol. The van der Waals surface area contributed by atoms with E-state index < -0.39 is 17.6 Å². The zero-order valence-electron chi connectivity index (χ0n) is 19.2. The first-order chi connectivity index (χ1) is 15.2. The van der Waals surface area contributed by atoms with E-state index in [-0.39, 0.29) is 11.1 Å². The van der Waals surface area contributed by atoms with E-state index in [1.54, 1.807) is 37.8 Å². The molecule has 0 aliphatic rings. The van der Waals surface area contributed by atoms with Crippen LogP contribution in [0.15, 0.2) is 60.7 Å². The number of hydrogen-bond donors (Lipinski definition) is 1. The Morgan fingerprint density at radius 1 is 0.969 bits per heavy atom. The van der Waals surface area contributed by atoms with Gasteiger partial charge in [0.25, 0.3) is 0 Å². The Morgan fingerprint density at radius 3 is 2.12 bits per heavy atom. The van der Waals surface area contributed by atoms with Crippen molar-refractivity contribution in [1.82, 2.24) is 10.2 Å². The van der Waals surface area contributed by atoms with Crippen molar-refractivity contribution in [2.45, 2.75) is 45.8 Å². The minimum Gasteiger partial charge on any atom is -0.458 e. The fourth-order valence-corrected chi connectivity index (χ4v) is 3.62. The molecule has 6 nitrogen and oxygen atoms in total. The molecule has 0 heterocycles. The van der Waals surface area contributed by atoms with Gasteiger partial charge < -0.3 is 15.0 Å². The first kappa shape index (κ1) is 25.5. The van der Waals surface area contributed by atoms with Crippen LogP contribution in [0.1, 0.15) is 44.9 Å². The van der Waals surface area contributed by atoms with E-state index in [1.165, 1.54) is 18.7 Å². The van der Waals surface area contributed by atoms with Gasteiger partial charge in [0.15, 0.2) is 11.2 Å². The number of hydrogen-bond acceptors (Lipinski definition) is 5. The molecule has 2 aromatic carbocycles. The molecule has 32 heavy (non-hydrogen) atoms. The van der Waals surface area contributed by atoms with E-state index in [1.807, 2.05) is 48.5 Å². The van der Waals surface area contributed by atoms with E-state index in [0.29, 0.717) is 30.8 Å². The molecule has 1 N–H and O–H groups in total. The van der Waals surface area contributed by atoms with Crippen LogP contribution < -0.4 is 5.32 Å². The summed E-state index contributed by atoms with van der Waals surface area (Å²) in [5.74, 6) is -0.0295. The van der Waals surface area contributed by atoms with Crippen LogP contribution in [-0.4, -0.2) is 46.5 Å². The quantitative estimate of drug-likeness (QED) is 0.558. The summed E-state index contributed by atoms with van der Waals surface area (Å²) in [7, 11) is 0. The molecule has 1 atom stereocenters. The van der Waals surface area contributed by atoms with Gasteiger partial charge in [0.2, 0.25) is 0 Å². The van der Waals surface area contributed by atoms with Crippen LogP contribution in [0.2, 0.25) is 0 Å². The third kappa shape index (κ3) is 9.14. The van der Waals surface area contributed by atoms with Crippen molar-refractivity contribution in [3.05, 3.63) is 71.8 Å². The Bertz CT molecular complexity index is 882. The van der Waals surface area contributed by atoms with Crippen molar-refractivity contribution in [2.24, 2.45) is 0 Å². The van der Waals surface area contributed by atoms with Gasteiger partial charge in [-0.05, 0) is 38.3 Å². The fraction of sp³-hybridized carbons (Fsp3) is 0.400. The molecule has 0 spiro atoms. The molecule has 0 aromatic heterocycles. The van der Waals surface area contributed by atoms with Crippen LogP contribution >= 0.6 is 11.8 Å². The molecule has 0 saturated carbocycles. The average Bonchev–Trinajstić information content (AvgIpc) is 2.74. The maximum atomic E-state index is 13.2. The molecule has 7 heteroatoms. The first-order valence-electron chi connectivity index (χ1n) is 10.7. The van der Waals surface area contributed by atoms with Gasteiger partial charge in [-0.25, -0.2) is 9.59 Å². The monoisotopic (exact) mass is 456 g/mol. The van der Waals surface area contributed by atoms with Crippen LogP contribution in [0, 0.1) is 0 Å². The summed E-state index contributed by atoms with van der Waals surface area (Å²) in [5, 5.41) is 2.85. The summed E-state index contributed by atoms with van der Waals surface area (Å²) >= 11 is 1.18. The van der Waals surface area contributed by atoms with Crippen molar-refractivity contribution >= 4 is 28.9 Å². The smallest absolute Gasteiger partial charge is 0.333 e. The molecule has 0 unspecified atom stereocenters. The number of benzene rings is 2. The van der Waals surface area contributed by atoms with Gasteiger partial charge in [-0.15, -0.1) is 0 Å². The molecule has 0 saturated heterocycles. The third-order valence-electron chi connectivity index (χ3n) is 4.51. The topological polar surface area (TPSA) is 75.7 Å². The van der Waals surface area contributed by atoms with Crippen LogP contribution in [0.25, 0.3) is 0 Å². The van der Waals surface area contributed by atoms with Crippen molar-refractivity contribution < 1.29 is 19.1 Å². The minimum atomic E-state index is -0.928. The van der Waals surface area contributed by atoms with Crippen molar-refractivity contribution in [3.63, 3.8) is 0 Å². The van der Waals surface area contributed by atoms with Crippen molar-refractivity contribution in [1.29, 1.82) is 0 Å². The molecule has 2 aromatic rings. The number of ether oxygens (including phenoxy) is 1. The summed E-state index contributed by atoms with van der Waals surface area (Å²) in [4.78, 5) is 39.1. The van der Waals surface area contributed by atoms with Crippen LogP contribution in [0.3, 0.4) is 0 Å². The van der Waals surface area contributed by atoms with Gasteiger partial charge in [0.1, 0.15) is 5.60 Å². The summed E-state index contributed by atoms with van der Waals surface area (Å²) in [5.41, 5.74) is 1.08. The van der Waals surface area contributed by atoms with Crippen LogP contribution in [-0.2, 0) is 20.7 Å². The maximum absolute atomic E-state index is 13.2. The van der Waals surface area contributed by atoms with Gasteiger partial charge in [0.05, 0.1) is 0 Å². The van der Waals surface area contributed by atoms with Crippen molar-refractivity contribution in [3.8, 4) is 0 Å². The van der Waals surface area contributed by atoms with Crippen molar-refractivity contribution in [2.75, 3.05) is 18.8 Å². The van der Waals surface area contributed by atoms with E-state index in [4.69, 9.17) is 4.74 Å². The number of rotatable bonds is 9. The Hall–Kier alpha value is -2.80. The highest BCUT2D eigenvalue weighted by Crippen LogP contribution is 2.19. The zero-order chi connectivity index (χ0) is 23.6. The Morgan fingerprint density at radius 2 is 1.56 bits per heavy atom. The lowest BCUT2D eigenvalue weighted by molar-refractivity contribution is -0.157. The largest absolute Gasteiger partial charge is 0.458 e. The molecule has 2 amide bonds. The Kier molecular flexibility index (Phi) is 9.78. The first-order valence-corrected chi connectivity index (χ1v) is 11.6.